The average Bonchev–Trinajstić information content (AvgIpc) is 2.73. The quantitative estimate of drug-likeness (QED) is 0.594. The Kier molecular flexibility index (Phi) is 5.88. The summed E-state index contributed by atoms with van der Waals surface area (Å²) >= 11 is 0. The number of rotatable bonds is 6. The van der Waals surface area contributed by atoms with Crippen molar-refractivity contribution in [3.8, 4) is 28.8 Å². The van der Waals surface area contributed by atoms with E-state index in [1.807, 2.05) is 6.92 Å². The number of aliphatic hydroxyl groups is 2. The Hall–Kier alpha value is -3.73. The Bertz CT molecular complexity index is 1070. The number of primary amides is 1. The minimum atomic E-state index is -1.73. The molecule has 0 radical (unpaired) electrons. The third kappa shape index (κ3) is 4.58. The van der Waals surface area contributed by atoms with Gasteiger partial charge in [0.05, 0.1) is 23.0 Å². The summed E-state index contributed by atoms with van der Waals surface area (Å²) in [6, 6.07) is 19.4. The molecule has 0 aliphatic carbocycles. The van der Waals surface area contributed by atoms with Gasteiger partial charge < -0.3 is 20.7 Å². The zero-order valence-electron chi connectivity index (χ0n) is 15.6. The van der Waals surface area contributed by atoms with Crippen LogP contribution in [0.2, 0.25) is 0 Å². The van der Waals surface area contributed by atoms with Gasteiger partial charge in [0.1, 0.15) is 17.6 Å². The van der Waals surface area contributed by atoms with Crippen molar-refractivity contribution in [3.05, 3.63) is 77.5 Å². The molecule has 1 aromatic heterocycles. The highest BCUT2D eigenvalue weighted by Crippen LogP contribution is 2.27. The first-order valence-electron chi connectivity index (χ1n) is 8.80. The smallest absolute Gasteiger partial charge is 0.249 e. The van der Waals surface area contributed by atoms with Crippen LogP contribution >= 0.6 is 0 Å². The predicted molar refractivity (Wildman–Crippen MR) is 106 cm³/mol. The van der Waals surface area contributed by atoms with Crippen molar-refractivity contribution >= 4 is 5.91 Å². The number of aliphatic hydroxyl groups excluding tert-OH is 2. The first-order chi connectivity index (χ1) is 13.9. The van der Waals surface area contributed by atoms with E-state index in [1.54, 1.807) is 54.6 Å². The Morgan fingerprint density at radius 1 is 1.10 bits per heavy atom. The number of ether oxygens (including phenoxy) is 1. The van der Waals surface area contributed by atoms with E-state index in [1.165, 1.54) is 6.07 Å². The maximum absolute atomic E-state index is 11.1. The predicted octanol–water partition coefficient (Wildman–Crippen LogP) is 2.60. The van der Waals surface area contributed by atoms with Gasteiger partial charge in [0.2, 0.25) is 5.91 Å². The molecule has 7 heteroatoms. The maximum atomic E-state index is 11.1. The molecule has 0 saturated carbocycles. The molecule has 7 nitrogen and oxygen atoms in total. The van der Waals surface area contributed by atoms with Gasteiger partial charge in [-0.1, -0.05) is 6.07 Å². The van der Waals surface area contributed by atoms with Crippen LogP contribution in [0.25, 0.3) is 11.3 Å². The van der Waals surface area contributed by atoms with Crippen LogP contribution in [0.4, 0.5) is 0 Å². The number of nitrogens with two attached hydrogens (primary N) is 1. The number of hydrogen-bond donors (Lipinski definition) is 3. The largest absolute Gasteiger partial charge is 0.457 e. The minimum Gasteiger partial charge on any atom is -0.457 e. The molecule has 0 fully saturated rings. The van der Waals surface area contributed by atoms with Gasteiger partial charge >= 0.3 is 0 Å². The Morgan fingerprint density at radius 2 is 1.79 bits per heavy atom. The number of nitrogens with zero attached hydrogens (tertiary/aromatic N) is 2. The molecule has 3 aromatic rings. The second kappa shape index (κ2) is 8.52. The lowest BCUT2D eigenvalue weighted by molar-refractivity contribution is -0.132. The topological polar surface area (TPSA) is 129 Å². The normalized spacial score (nSPS) is 12.6. The van der Waals surface area contributed by atoms with E-state index in [0.717, 1.165) is 11.1 Å². The van der Waals surface area contributed by atoms with Gasteiger partial charge in [-0.15, -0.1) is 0 Å². The van der Waals surface area contributed by atoms with E-state index in [9.17, 15) is 15.0 Å². The van der Waals surface area contributed by atoms with E-state index >= 15 is 0 Å². The molecule has 2 aromatic carbocycles. The molecule has 3 rings (SSSR count). The zero-order chi connectivity index (χ0) is 21.0. The third-order valence-corrected chi connectivity index (χ3v) is 4.37. The number of carbonyl (C=O) groups excluding carboxylic acids is 1. The summed E-state index contributed by atoms with van der Waals surface area (Å²) in [6.07, 6.45) is -3.24. The van der Waals surface area contributed by atoms with Gasteiger partial charge in [0, 0.05) is 5.56 Å². The Morgan fingerprint density at radius 3 is 2.41 bits per heavy atom. The Labute approximate surface area is 167 Å². The van der Waals surface area contributed by atoms with Crippen LogP contribution in [0.3, 0.4) is 0 Å². The summed E-state index contributed by atoms with van der Waals surface area (Å²) in [5.74, 6) is 0.209. The summed E-state index contributed by atoms with van der Waals surface area (Å²) in [6.45, 7) is 1.84. The number of aromatic nitrogens is 1. The van der Waals surface area contributed by atoms with Crippen LogP contribution < -0.4 is 10.5 Å². The van der Waals surface area contributed by atoms with Gasteiger partial charge in [0.25, 0.3) is 0 Å². The van der Waals surface area contributed by atoms with Crippen LogP contribution in [0.1, 0.15) is 22.9 Å². The summed E-state index contributed by atoms with van der Waals surface area (Å²) in [5.41, 5.74) is 7.91. The van der Waals surface area contributed by atoms with E-state index in [2.05, 4.69) is 11.1 Å². The average molecular weight is 389 g/mol. The molecular weight excluding hydrogens is 370 g/mol. The molecule has 0 aliphatic heterocycles. The number of pyridine rings is 1. The number of nitriles is 1. The fourth-order valence-corrected chi connectivity index (χ4v) is 2.75. The van der Waals surface area contributed by atoms with Crippen molar-refractivity contribution in [1.29, 1.82) is 5.26 Å². The number of benzene rings is 2. The lowest BCUT2D eigenvalue weighted by Crippen LogP contribution is -2.34. The van der Waals surface area contributed by atoms with Crippen molar-refractivity contribution in [3.63, 3.8) is 0 Å². The molecule has 29 heavy (non-hydrogen) atoms. The number of carbonyl (C=O) groups is 1. The van der Waals surface area contributed by atoms with Crippen LogP contribution in [0.15, 0.2) is 60.7 Å². The molecule has 0 bridgehead atoms. The summed E-state index contributed by atoms with van der Waals surface area (Å²) < 4.78 is 5.82. The standard InChI is InChI=1S/C22H19N3O4/c1-13-11-17(10-7-15(13)12-23)29-16-8-5-14(6-9-16)18-3-2-4-19(25-18)20(26)21(27)22(24)28/h2-11,20-21,26-27H,1H3,(H2,24,28)/t20-,21+/m1/s1. The summed E-state index contributed by atoms with van der Waals surface area (Å²) in [7, 11) is 0. The molecule has 0 saturated heterocycles. The fourth-order valence-electron chi connectivity index (χ4n) is 2.75. The molecule has 0 unspecified atom stereocenters. The first-order valence-corrected chi connectivity index (χ1v) is 8.80. The van der Waals surface area contributed by atoms with Crippen molar-refractivity contribution in [1.82, 2.24) is 4.98 Å². The van der Waals surface area contributed by atoms with Gasteiger partial charge in [-0.25, -0.2) is 4.98 Å². The monoisotopic (exact) mass is 389 g/mol. The second-order valence-electron chi connectivity index (χ2n) is 6.45. The maximum Gasteiger partial charge on any atom is 0.249 e. The molecule has 0 aliphatic rings. The van der Waals surface area contributed by atoms with Crippen LogP contribution in [0.5, 0.6) is 11.5 Å². The Balaban J connectivity index is 1.78. The highest BCUT2D eigenvalue weighted by Gasteiger charge is 2.24. The van der Waals surface area contributed by atoms with Crippen molar-refractivity contribution in [2.24, 2.45) is 5.73 Å². The van der Waals surface area contributed by atoms with Gasteiger partial charge in [0.15, 0.2) is 6.10 Å². The van der Waals surface area contributed by atoms with Gasteiger partial charge in [-0.3, -0.25) is 4.79 Å². The highest BCUT2D eigenvalue weighted by atomic mass is 16.5. The van der Waals surface area contributed by atoms with Crippen molar-refractivity contribution in [2.45, 2.75) is 19.1 Å². The van der Waals surface area contributed by atoms with E-state index in [4.69, 9.17) is 15.7 Å². The fraction of sp³-hybridized carbons (Fsp3) is 0.136. The molecule has 1 amide bonds. The second-order valence-corrected chi connectivity index (χ2v) is 6.45. The molecule has 146 valence electrons. The van der Waals surface area contributed by atoms with E-state index < -0.39 is 18.1 Å². The van der Waals surface area contributed by atoms with Gasteiger partial charge in [-0.2, -0.15) is 5.26 Å². The molecule has 2 atom stereocenters. The SMILES string of the molecule is Cc1cc(Oc2ccc(-c3cccc([C@@H](O)[C@H](O)C(N)=O)n3)cc2)ccc1C#N. The minimum absolute atomic E-state index is 0.141. The zero-order valence-corrected chi connectivity index (χ0v) is 15.6. The lowest BCUT2D eigenvalue weighted by Gasteiger charge is -2.15. The number of amides is 1. The first kappa shape index (κ1) is 20.0. The summed E-state index contributed by atoms with van der Waals surface area (Å²) in [4.78, 5) is 15.4. The van der Waals surface area contributed by atoms with Crippen molar-refractivity contribution < 1.29 is 19.7 Å². The lowest BCUT2D eigenvalue weighted by atomic mass is 10.1. The molecule has 1 heterocycles. The number of aryl methyl sites for hydroxylation is 1. The molecular formula is C22H19N3O4. The third-order valence-electron chi connectivity index (χ3n) is 4.37. The summed E-state index contributed by atoms with van der Waals surface area (Å²) in [5, 5.41) is 28.7. The van der Waals surface area contributed by atoms with Crippen LogP contribution in [0, 0.1) is 18.3 Å². The highest BCUT2D eigenvalue weighted by molar-refractivity contribution is 5.79. The molecule has 0 spiro atoms. The van der Waals surface area contributed by atoms with E-state index in [-0.39, 0.29) is 5.69 Å². The molecule has 4 N–H and O–H groups in total. The van der Waals surface area contributed by atoms with Crippen LogP contribution in [-0.4, -0.2) is 27.2 Å². The number of hydrogen-bond acceptors (Lipinski definition) is 6. The van der Waals surface area contributed by atoms with E-state index in [0.29, 0.717) is 22.8 Å². The van der Waals surface area contributed by atoms with Gasteiger partial charge in [-0.05, 0) is 67.1 Å². The van der Waals surface area contributed by atoms with Crippen LogP contribution in [-0.2, 0) is 4.79 Å². The van der Waals surface area contributed by atoms with Crippen molar-refractivity contribution in [2.75, 3.05) is 0 Å².